The third-order valence-corrected chi connectivity index (χ3v) is 7.54. The summed E-state index contributed by atoms with van der Waals surface area (Å²) in [5, 5.41) is 2.30. The molecule has 6 heteroatoms. The van der Waals surface area contributed by atoms with E-state index in [0.29, 0.717) is 41.5 Å². The van der Waals surface area contributed by atoms with Crippen molar-refractivity contribution in [3.8, 4) is 0 Å². The van der Waals surface area contributed by atoms with E-state index in [4.69, 9.17) is 0 Å². The predicted octanol–water partition coefficient (Wildman–Crippen LogP) is 4.37. The van der Waals surface area contributed by atoms with Crippen molar-refractivity contribution in [2.45, 2.75) is 31.6 Å². The Morgan fingerprint density at radius 3 is 2.12 bits per heavy atom. The molecule has 32 heavy (non-hydrogen) atoms. The molecular weight excluding hydrogens is 422 g/mol. The van der Waals surface area contributed by atoms with Crippen LogP contribution in [0.1, 0.15) is 44.6 Å². The molecule has 5 nitrogen and oxygen atoms in total. The van der Waals surface area contributed by atoms with Gasteiger partial charge in [0.1, 0.15) is 5.03 Å². The molecule has 0 radical (unpaired) electrons. The summed E-state index contributed by atoms with van der Waals surface area (Å²) in [6.45, 7) is 3.83. The van der Waals surface area contributed by atoms with Crippen molar-refractivity contribution in [3.63, 3.8) is 0 Å². The second-order valence-electron chi connectivity index (χ2n) is 7.91. The molecule has 0 heterocycles. The third-order valence-electron chi connectivity index (χ3n) is 5.75. The summed E-state index contributed by atoms with van der Waals surface area (Å²) in [7, 11) is -3.94. The van der Waals surface area contributed by atoms with Crippen LogP contribution >= 0.6 is 0 Å². The molecule has 0 fully saturated rings. The van der Waals surface area contributed by atoms with Gasteiger partial charge in [0.15, 0.2) is 5.78 Å². The SMILES string of the molecule is Cc1ccc(C(=O)c2cccc3c2CCC3=C(NC=O)S(=O)(=O)c2ccc(C)cc2)cc1. The maximum absolute atomic E-state index is 13.4. The highest BCUT2D eigenvalue weighted by Crippen LogP contribution is 2.39. The van der Waals surface area contributed by atoms with E-state index in [9.17, 15) is 18.0 Å². The van der Waals surface area contributed by atoms with E-state index in [1.807, 2.05) is 26.0 Å². The van der Waals surface area contributed by atoms with Crippen molar-refractivity contribution in [2.24, 2.45) is 0 Å². The van der Waals surface area contributed by atoms with Gasteiger partial charge < -0.3 is 5.32 Å². The minimum Gasteiger partial charge on any atom is -0.319 e. The molecule has 3 aromatic rings. The minimum atomic E-state index is -3.94. The number of hydrogen-bond donors (Lipinski definition) is 1. The number of hydrogen-bond acceptors (Lipinski definition) is 4. The molecule has 0 aromatic heterocycles. The van der Waals surface area contributed by atoms with E-state index in [1.54, 1.807) is 42.5 Å². The number of benzene rings is 3. The number of amides is 1. The fraction of sp³-hybridized carbons (Fsp3) is 0.154. The van der Waals surface area contributed by atoms with E-state index in [-0.39, 0.29) is 15.7 Å². The van der Waals surface area contributed by atoms with Crippen LogP contribution in [0, 0.1) is 13.8 Å². The molecule has 0 saturated heterocycles. The van der Waals surface area contributed by atoms with Crippen molar-refractivity contribution in [1.82, 2.24) is 5.32 Å². The fourth-order valence-corrected chi connectivity index (χ4v) is 5.52. The number of aryl methyl sites for hydroxylation is 2. The van der Waals surface area contributed by atoms with Gasteiger partial charge in [0, 0.05) is 11.1 Å². The van der Waals surface area contributed by atoms with Gasteiger partial charge in [-0.15, -0.1) is 0 Å². The zero-order valence-corrected chi connectivity index (χ0v) is 18.7. The summed E-state index contributed by atoms with van der Waals surface area (Å²) in [4.78, 5) is 24.6. The number of allylic oxidation sites excluding steroid dienone is 1. The monoisotopic (exact) mass is 445 g/mol. The lowest BCUT2D eigenvalue weighted by atomic mass is 9.95. The molecule has 0 spiro atoms. The highest BCUT2D eigenvalue weighted by atomic mass is 32.2. The van der Waals surface area contributed by atoms with Crippen LogP contribution in [0.5, 0.6) is 0 Å². The van der Waals surface area contributed by atoms with Crippen molar-refractivity contribution in [2.75, 3.05) is 0 Å². The van der Waals surface area contributed by atoms with Crippen molar-refractivity contribution >= 4 is 27.6 Å². The van der Waals surface area contributed by atoms with Crippen LogP contribution in [-0.2, 0) is 21.1 Å². The van der Waals surface area contributed by atoms with E-state index >= 15 is 0 Å². The maximum atomic E-state index is 13.4. The Bertz CT molecular complexity index is 1340. The van der Waals surface area contributed by atoms with Gasteiger partial charge in [-0.05, 0) is 55.5 Å². The maximum Gasteiger partial charge on any atom is 0.222 e. The minimum absolute atomic E-state index is 0.102. The smallest absolute Gasteiger partial charge is 0.222 e. The predicted molar refractivity (Wildman–Crippen MR) is 124 cm³/mol. The lowest BCUT2D eigenvalue weighted by Crippen LogP contribution is -2.21. The highest BCUT2D eigenvalue weighted by molar-refractivity contribution is 7.95. The van der Waals surface area contributed by atoms with Crippen LogP contribution in [0.3, 0.4) is 0 Å². The van der Waals surface area contributed by atoms with Gasteiger partial charge in [-0.1, -0.05) is 65.7 Å². The molecule has 162 valence electrons. The van der Waals surface area contributed by atoms with Crippen LogP contribution in [0.25, 0.3) is 5.57 Å². The Labute approximate surface area is 187 Å². The normalized spacial score (nSPS) is 14.6. The summed E-state index contributed by atoms with van der Waals surface area (Å²) >= 11 is 0. The van der Waals surface area contributed by atoms with Crippen LogP contribution in [0.4, 0.5) is 0 Å². The van der Waals surface area contributed by atoms with E-state index in [0.717, 1.165) is 16.7 Å². The Morgan fingerprint density at radius 2 is 1.50 bits per heavy atom. The van der Waals surface area contributed by atoms with Gasteiger partial charge >= 0.3 is 0 Å². The van der Waals surface area contributed by atoms with E-state index < -0.39 is 9.84 Å². The lowest BCUT2D eigenvalue weighted by molar-refractivity contribution is -0.108. The zero-order valence-electron chi connectivity index (χ0n) is 17.9. The number of carbonyl (C=O) groups is 2. The van der Waals surface area contributed by atoms with E-state index in [2.05, 4.69) is 5.32 Å². The summed E-state index contributed by atoms with van der Waals surface area (Å²) in [6.07, 6.45) is 1.31. The molecule has 1 N–H and O–H groups in total. The van der Waals surface area contributed by atoms with Gasteiger partial charge in [-0.2, -0.15) is 0 Å². The Morgan fingerprint density at radius 1 is 0.875 bits per heavy atom. The van der Waals surface area contributed by atoms with Gasteiger partial charge in [0.25, 0.3) is 0 Å². The first-order valence-electron chi connectivity index (χ1n) is 10.3. The molecule has 1 amide bonds. The van der Waals surface area contributed by atoms with Gasteiger partial charge in [-0.25, -0.2) is 8.42 Å². The number of rotatable bonds is 6. The average molecular weight is 446 g/mol. The molecule has 0 atom stereocenters. The molecule has 0 bridgehead atoms. The fourth-order valence-electron chi connectivity index (χ4n) is 4.05. The molecule has 0 saturated carbocycles. The topological polar surface area (TPSA) is 80.3 Å². The number of nitrogens with one attached hydrogen (secondary N) is 1. The summed E-state index contributed by atoms with van der Waals surface area (Å²) in [6, 6.07) is 19.2. The number of sulfone groups is 1. The van der Waals surface area contributed by atoms with Crippen molar-refractivity contribution in [1.29, 1.82) is 0 Å². The second kappa shape index (κ2) is 8.55. The number of carbonyl (C=O) groups excluding carboxylic acids is 2. The molecule has 0 aliphatic heterocycles. The Kier molecular flexibility index (Phi) is 5.80. The van der Waals surface area contributed by atoms with Crippen molar-refractivity contribution in [3.05, 3.63) is 105 Å². The van der Waals surface area contributed by atoms with Crippen LogP contribution < -0.4 is 5.32 Å². The Hall–Kier alpha value is -3.51. The molecule has 1 aliphatic rings. The first-order chi connectivity index (χ1) is 15.3. The molecule has 1 aliphatic carbocycles. The largest absolute Gasteiger partial charge is 0.319 e. The Balaban J connectivity index is 1.84. The van der Waals surface area contributed by atoms with Crippen LogP contribution in [0.15, 0.2) is 76.7 Å². The van der Waals surface area contributed by atoms with Crippen molar-refractivity contribution < 1.29 is 18.0 Å². The summed E-state index contributed by atoms with van der Waals surface area (Å²) in [5.74, 6) is -0.102. The van der Waals surface area contributed by atoms with E-state index in [1.165, 1.54) is 12.1 Å². The van der Waals surface area contributed by atoms with Gasteiger partial charge in [0.05, 0.1) is 4.90 Å². The number of ketones is 1. The number of fused-ring (bicyclic) bond motifs is 1. The van der Waals surface area contributed by atoms with Crippen LogP contribution in [-0.4, -0.2) is 20.6 Å². The van der Waals surface area contributed by atoms with Crippen LogP contribution in [0.2, 0.25) is 0 Å². The molecule has 3 aromatic carbocycles. The highest BCUT2D eigenvalue weighted by Gasteiger charge is 2.31. The average Bonchev–Trinajstić information content (AvgIpc) is 3.21. The summed E-state index contributed by atoms with van der Waals surface area (Å²) in [5.41, 5.74) is 5.15. The quantitative estimate of drug-likeness (QED) is 0.451. The third kappa shape index (κ3) is 3.89. The molecule has 4 rings (SSSR count). The zero-order chi connectivity index (χ0) is 22.9. The summed E-state index contributed by atoms with van der Waals surface area (Å²) < 4.78 is 26.7. The molecular formula is C26H23NO4S. The first kappa shape index (κ1) is 21.7. The van der Waals surface area contributed by atoms with Gasteiger partial charge in [-0.3, -0.25) is 9.59 Å². The molecule has 0 unspecified atom stereocenters. The standard InChI is InChI=1S/C26H23NO4S/c1-17-6-10-19(11-7-17)25(29)23-5-3-4-21-22(23)14-15-24(21)26(27-16-28)32(30,31)20-12-8-18(2)9-13-20/h3-13,16H,14-15H2,1-2H3,(H,27,28). The second-order valence-corrected chi connectivity index (χ2v) is 9.80. The van der Waals surface area contributed by atoms with Gasteiger partial charge in [0.2, 0.25) is 16.2 Å². The first-order valence-corrected chi connectivity index (χ1v) is 11.8. The lowest BCUT2D eigenvalue weighted by Gasteiger charge is -2.13.